The second-order valence-corrected chi connectivity index (χ2v) is 9.63. The van der Waals surface area contributed by atoms with Gasteiger partial charge in [0.2, 0.25) is 5.91 Å². The van der Waals surface area contributed by atoms with Crippen molar-refractivity contribution >= 4 is 17.6 Å². The van der Waals surface area contributed by atoms with Gasteiger partial charge in [-0.25, -0.2) is 4.79 Å². The minimum Gasteiger partial charge on any atom is -0.478 e. The van der Waals surface area contributed by atoms with Crippen LogP contribution in [0.25, 0.3) is 11.1 Å². The number of aromatic carboxylic acids is 1. The van der Waals surface area contributed by atoms with Crippen LogP contribution >= 0.6 is 0 Å². The highest BCUT2D eigenvalue weighted by Crippen LogP contribution is 2.30. The fourth-order valence-electron chi connectivity index (χ4n) is 4.52. The average molecular weight is 451 g/mol. The lowest BCUT2D eigenvalue weighted by molar-refractivity contribution is -0.116. The molecule has 5 heteroatoms. The van der Waals surface area contributed by atoms with Crippen LogP contribution in [0.1, 0.15) is 75.2 Å². The summed E-state index contributed by atoms with van der Waals surface area (Å²) >= 11 is 0. The normalized spacial score (nSPS) is 16.1. The molecule has 0 unspecified atom stereocenters. The Morgan fingerprint density at radius 3 is 2.33 bits per heavy atom. The molecule has 1 aliphatic rings. The summed E-state index contributed by atoms with van der Waals surface area (Å²) in [5, 5.41) is 9.41. The Labute approximate surface area is 198 Å². The molecule has 2 aromatic carbocycles. The molecule has 1 aliphatic heterocycles. The summed E-state index contributed by atoms with van der Waals surface area (Å²) < 4.78 is 0. The Balaban J connectivity index is 2.03. The number of benzene rings is 2. The van der Waals surface area contributed by atoms with Crippen molar-refractivity contribution in [3.8, 4) is 11.1 Å². The first-order chi connectivity index (χ1) is 15.8. The Bertz CT molecular complexity index is 954. The van der Waals surface area contributed by atoms with E-state index in [1.807, 2.05) is 23.1 Å². The third-order valence-electron chi connectivity index (χ3n) is 6.47. The van der Waals surface area contributed by atoms with Gasteiger partial charge in [-0.2, -0.15) is 0 Å². The Morgan fingerprint density at radius 1 is 0.939 bits per heavy atom. The van der Waals surface area contributed by atoms with Crippen molar-refractivity contribution in [3.05, 3.63) is 53.6 Å². The average Bonchev–Trinajstić information content (AvgIpc) is 2.78. The quantitative estimate of drug-likeness (QED) is 0.588. The molecule has 1 amide bonds. The second kappa shape index (κ2) is 12.0. The number of nitrogens with zero attached hydrogens (tertiary/aromatic N) is 2. The minimum atomic E-state index is -0.925. The first kappa shape index (κ1) is 25.0. The van der Waals surface area contributed by atoms with Crippen molar-refractivity contribution in [2.45, 2.75) is 65.8 Å². The highest BCUT2D eigenvalue weighted by Gasteiger charge is 2.19. The zero-order valence-corrected chi connectivity index (χ0v) is 20.3. The Morgan fingerprint density at radius 2 is 1.64 bits per heavy atom. The molecule has 0 saturated heterocycles. The third-order valence-corrected chi connectivity index (χ3v) is 6.47. The van der Waals surface area contributed by atoms with Crippen LogP contribution in [0.4, 0.5) is 5.69 Å². The van der Waals surface area contributed by atoms with Crippen molar-refractivity contribution < 1.29 is 14.7 Å². The Kier molecular flexibility index (Phi) is 9.07. The molecular formula is C28H38N2O3. The number of carbonyl (C=O) groups is 2. The molecule has 3 rings (SSSR count). The predicted molar refractivity (Wildman–Crippen MR) is 135 cm³/mol. The van der Waals surface area contributed by atoms with Gasteiger partial charge in [0.25, 0.3) is 0 Å². The fraction of sp³-hybridized carbons (Fsp3) is 0.500. The van der Waals surface area contributed by atoms with Crippen LogP contribution in [0.3, 0.4) is 0 Å². The molecule has 178 valence electrons. The van der Waals surface area contributed by atoms with E-state index >= 15 is 0 Å². The number of rotatable bonds is 5. The number of hydrogen-bond donors (Lipinski definition) is 1. The fourth-order valence-corrected chi connectivity index (χ4v) is 4.52. The topological polar surface area (TPSA) is 60.9 Å². The van der Waals surface area contributed by atoms with E-state index in [4.69, 9.17) is 0 Å². The van der Waals surface area contributed by atoms with Crippen LogP contribution in [0.5, 0.6) is 0 Å². The first-order valence-electron chi connectivity index (χ1n) is 12.3. The third kappa shape index (κ3) is 7.16. The molecule has 1 N–H and O–H groups in total. The van der Waals surface area contributed by atoms with Crippen molar-refractivity contribution in [1.82, 2.24) is 4.90 Å². The molecule has 1 heterocycles. The minimum absolute atomic E-state index is 0.0719. The standard InChI is InChI=1S/C28H38N2O3/c1-21(2)14-17-29-15-7-5-4-6-8-16-30(22(3)31)27-13-12-24(19-26(27)20-29)23-10-9-11-25(18-23)28(32)33/h9-13,18-19,21H,4-8,14-17,20H2,1-3H3,(H,32,33). The van der Waals surface area contributed by atoms with Crippen molar-refractivity contribution in [2.75, 3.05) is 24.5 Å². The second-order valence-electron chi connectivity index (χ2n) is 9.63. The van der Waals surface area contributed by atoms with Crippen LogP contribution in [-0.4, -0.2) is 41.5 Å². The van der Waals surface area contributed by atoms with E-state index in [0.717, 1.165) is 67.8 Å². The summed E-state index contributed by atoms with van der Waals surface area (Å²) in [7, 11) is 0. The van der Waals surface area contributed by atoms with Gasteiger partial charge in [-0.15, -0.1) is 0 Å². The van der Waals surface area contributed by atoms with Crippen LogP contribution in [-0.2, 0) is 11.3 Å². The number of carboxylic acid groups (broad SMARTS) is 1. The lowest BCUT2D eigenvalue weighted by Crippen LogP contribution is -2.33. The molecule has 33 heavy (non-hydrogen) atoms. The Hall–Kier alpha value is -2.66. The number of hydrogen-bond acceptors (Lipinski definition) is 3. The van der Waals surface area contributed by atoms with Crippen LogP contribution < -0.4 is 4.90 Å². The van der Waals surface area contributed by atoms with Crippen LogP contribution in [0, 0.1) is 5.92 Å². The molecule has 0 aliphatic carbocycles. The van der Waals surface area contributed by atoms with Gasteiger partial charge in [0.15, 0.2) is 0 Å². The van der Waals surface area contributed by atoms with Gasteiger partial charge in [0.05, 0.1) is 5.56 Å². The van der Waals surface area contributed by atoms with Gasteiger partial charge < -0.3 is 10.0 Å². The molecule has 0 atom stereocenters. The number of amides is 1. The molecule has 0 fully saturated rings. The van der Waals surface area contributed by atoms with Crippen molar-refractivity contribution in [2.24, 2.45) is 5.92 Å². The smallest absolute Gasteiger partial charge is 0.335 e. The largest absolute Gasteiger partial charge is 0.478 e. The maximum Gasteiger partial charge on any atom is 0.335 e. The van der Waals surface area contributed by atoms with Crippen molar-refractivity contribution in [3.63, 3.8) is 0 Å². The zero-order chi connectivity index (χ0) is 23.8. The van der Waals surface area contributed by atoms with Gasteiger partial charge >= 0.3 is 5.97 Å². The van der Waals surface area contributed by atoms with E-state index in [0.29, 0.717) is 5.92 Å². The van der Waals surface area contributed by atoms with E-state index in [2.05, 4.69) is 24.8 Å². The highest BCUT2D eigenvalue weighted by molar-refractivity contribution is 5.93. The lowest BCUT2D eigenvalue weighted by atomic mass is 9.98. The van der Waals surface area contributed by atoms with Crippen LogP contribution in [0.2, 0.25) is 0 Å². The molecule has 0 aromatic heterocycles. The van der Waals surface area contributed by atoms with E-state index in [-0.39, 0.29) is 11.5 Å². The molecule has 0 spiro atoms. The van der Waals surface area contributed by atoms with Gasteiger partial charge in [-0.3, -0.25) is 9.69 Å². The van der Waals surface area contributed by atoms with E-state index in [1.165, 1.54) is 19.3 Å². The van der Waals surface area contributed by atoms with Gasteiger partial charge in [0.1, 0.15) is 0 Å². The maximum absolute atomic E-state index is 12.6. The number of anilines is 1. The van der Waals surface area contributed by atoms with E-state index < -0.39 is 5.97 Å². The summed E-state index contributed by atoms with van der Waals surface area (Å²) in [4.78, 5) is 28.5. The zero-order valence-electron chi connectivity index (χ0n) is 20.3. The van der Waals surface area contributed by atoms with E-state index in [1.54, 1.807) is 25.1 Å². The molecule has 0 radical (unpaired) electrons. The predicted octanol–water partition coefficient (Wildman–Crippen LogP) is 6.22. The summed E-state index contributed by atoms with van der Waals surface area (Å²) in [5.41, 5.74) is 4.26. The highest BCUT2D eigenvalue weighted by atomic mass is 16.4. The molecule has 5 nitrogen and oxygen atoms in total. The SMILES string of the molecule is CC(=O)N1CCCCCCCN(CCC(C)C)Cc2cc(-c3cccc(C(=O)O)c3)ccc21. The van der Waals surface area contributed by atoms with Gasteiger partial charge in [-0.05, 0) is 79.2 Å². The van der Waals surface area contributed by atoms with E-state index in [9.17, 15) is 14.7 Å². The monoisotopic (exact) mass is 450 g/mol. The molecule has 0 saturated carbocycles. The first-order valence-corrected chi connectivity index (χ1v) is 12.3. The number of carboxylic acids is 1. The van der Waals surface area contributed by atoms with Gasteiger partial charge in [-0.1, -0.05) is 51.3 Å². The van der Waals surface area contributed by atoms with Gasteiger partial charge in [0, 0.05) is 25.7 Å². The summed E-state index contributed by atoms with van der Waals surface area (Å²) in [6, 6.07) is 13.3. The summed E-state index contributed by atoms with van der Waals surface area (Å²) in [6.45, 7) is 9.79. The number of carbonyl (C=O) groups excluding carboxylic acids is 1. The molecule has 0 bridgehead atoms. The van der Waals surface area contributed by atoms with Crippen LogP contribution in [0.15, 0.2) is 42.5 Å². The van der Waals surface area contributed by atoms with Crippen molar-refractivity contribution in [1.29, 1.82) is 0 Å². The lowest BCUT2D eigenvalue weighted by Gasteiger charge is -2.29. The number of fused-ring (bicyclic) bond motifs is 1. The maximum atomic E-state index is 12.6. The summed E-state index contributed by atoms with van der Waals surface area (Å²) in [6.07, 6.45) is 6.95. The summed E-state index contributed by atoms with van der Waals surface area (Å²) in [5.74, 6) is -0.210. The molecular weight excluding hydrogens is 412 g/mol. The molecule has 2 aromatic rings.